The molecule has 2 N–H and O–H groups in total. The summed E-state index contributed by atoms with van der Waals surface area (Å²) in [6.07, 6.45) is -13.7. The van der Waals surface area contributed by atoms with Crippen molar-refractivity contribution in [3.63, 3.8) is 0 Å². The normalized spacial score (nSPS) is 20.6. The number of halogens is 8. The molecule has 6 nitrogen and oxygen atoms in total. The van der Waals surface area contributed by atoms with E-state index < -0.39 is 66.7 Å². The van der Waals surface area contributed by atoms with Crippen LogP contribution < -0.4 is 5.73 Å². The van der Waals surface area contributed by atoms with Gasteiger partial charge in [0, 0.05) is 23.2 Å². The average molecular weight is 647 g/mol. The summed E-state index contributed by atoms with van der Waals surface area (Å²) in [7, 11) is -4.64. The predicted octanol–water partition coefficient (Wildman–Crippen LogP) is 5.74. The van der Waals surface area contributed by atoms with Crippen molar-refractivity contribution in [3.05, 3.63) is 100 Å². The molecule has 5 rings (SSSR count). The van der Waals surface area contributed by atoms with Crippen LogP contribution in [0.1, 0.15) is 50.2 Å². The Balaban J connectivity index is 1.70. The molecule has 234 valence electrons. The Morgan fingerprint density at radius 3 is 2.07 bits per heavy atom. The molecule has 0 saturated carbocycles. The van der Waals surface area contributed by atoms with Gasteiger partial charge in [-0.3, -0.25) is 9.59 Å². The first kappa shape index (κ1) is 31.4. The average Bonchev–Trinajstić information content (AvgIpc) is 3.37. The number of amides is 2. The minimum atomic E-state index is -6.38. The fourth-order valence-electron chi connectivity index (χ4n) is 6.27. The Kier molecular flexibility index (Phi) is 7.34. The molecule has 3 aromatic carbocycles. The highest BCUT2D eigenvalue weighted by Gasteiger charge is 2.73. The second-order valence-electron chi connectivity index (χ2n) is 10.6. The maximum atomic E-state index is 15.0. The van der Waals surface area contributed by atoms with E-state index in [9.17, 15) is 53.1 Å². The van der Waals surface area contributed by atoms with Gasteiger partial charge in [-0.15, -0.1) is 0 Å². The summed E-state index contributed by atoms with van der Waals surface area (Å²) in [5.41, 5.74) is -2.70. The highest BCUT2D eigenvalue weighted by Crippen LogP contribution is 2.56. The quantitative estimate of drug-likeness (QED) is 0.282. The number of likely N-dealkylation sites (tertiary alicyclic amines) is 1. The zero-order valence-corrected chi connectivity index (χ0v) is 23.2. The third kappa shape index (κ3) is 4.54. The monoisotopic (exact) mass is 646 g/mol. The fourth-order valence-corrected chi connectivity index (χ4v) is 8.64. The molecule has 0 aromatic heterocycles. The van der Waals surface area contributed by atoms with Crippen LogP contribution in [0.2, 0.25) is 0 Å². The number of hydrogen-bond acceptors (Lipinski definition) is 4. The molecular formula is C29H22F8N2O4S. The first-order chi connectivity index (χ1) is 20.4. The second kappa shape index (κ2) is 10.3. The van der Waals surface area contributed by atoms with Crippen molar-refractivity contribution in [1.82, 2.24) is 4.90 Å². The van der Waals surface area contributed by atoms with Gasteiger partial charge in [0.05, 0.1) is 10.9 Å². The summed E-state index contributed by atoms with van der Waals surface area (Å²) in [5, 5.41) is 0. The molecule has 3 aromatic rings. The van der Waals surface area contributed by atoms with Crippen LogP contribution in [0.4, 0.5) is 35.1 Å². The zero-order valence-electron chi connectivity index (χ0n) is 22.3. The number of alkyl halides is 7. The van der Waals surface area contributed by atoms with E-state index in [0.717, 1.165) is 30.3 Å². The van der Waals surface area contributed by atoms with Crippen molar-refractivity contribution in [1.29, 1.82) is 0 Å². The second-order valence-corrected chi connectivity index (χ2v) is 12.8. The molecule has 2 amide bonds. The van der Waals surface area contributed by atoms with Crippen LogP contribution in [0.5, 0.6) is 0 Å². The predicted molar refractivity (Wildman–Crippen MR) is 139 cm³/mol. The van der Waals surface area contributed by atoms with Gasteiger partial charge in [0.1, 0.15) is 10.6 Å². The molecule has 0 unspecified atom stereocenters. The number of primary amides is 1. The van der Waals surface area contributed by atoms with E-state index in [-0.39, 0.29) is 54.1 Å². The van der Waals surface area contributed by atoms with Gasteiger partial charge in [-0.05, 0) is 72.9 Å². The molecule has 44 heavy (non-hydrogen) atoms. The highest BCUT2D eigenvalue weighted by atomic mass is 32.2. The molecule has 0 radical (unpaired) electrons. The third-order valence-corrected chi connectivity index (χ3v) is 10.9. The third-order valence-electron chi connectivity index (χ3n) is 8.32. The van der Waals surface area contributed by atoms with Crippen LogP contribution in [-0.2, 0) is 26.7 Å². The minimum Gasteiger partial charge on any atom is -0.366 e. The molecule has 15 heteroatoms. The minimum absolute atomic E-state index is 0.00852. The maximum Gasteiger partial charge on any atom is 0.435 e. The molecule has 0 bridgehead atoms. The molecule has 1 aliphatic carbocycles. The summed E-state index contributed by atoms with van der Waals surface area (Å²) in [6, 6.07) is 9.11. The van der Waals surface area contributed by atoms with E-state index in [4.69, 9.17) is 5.73 Å². The number of benzene rings is 3. The van der Waals surface area contributed by atoms with Crippen molar-refractivity contribution in [2.45, 2.75) is 53.0 Å². The molecule has 2 aliphatic rings. The lowest BCUT2D eigenvalue weighted by molar-refractivity contribution is -0.348. The number of hydrogen-bond donors (Lipinski definition) is 1. The Labute approximate surface area is 245 Å². The molecule has 1 aliphatic heterocycles. The van der Waals surface area contributed by atoms with Gasteiger partial charge in [-0.2, -0.15) is 26.3 Å². The van der Waals surface area contributed by atoms with Crippen molar-refractivity contribution < 1.29 is 53.1 Å². The Hall–Kier alpha value is -4.01. The lowest BCUT2D eigenvalue weighted by Crippen LogP contribution is -2.53. The molecule has 1 saturated heterocycles. The summed E-state index contributed by atoms with van der Waals surface area (Å²) in [4.78, 5) is 26.2. The number of carbonyl (C=O) groups is 2. The van der Waals surface area contributed by atoms with Crippen LogP contribution in [0.15, 0.2) is 71.6 Å². The van der Waals surface area contributed by atoms with Crippen molar-refractivity contribution in [3.8, 4) is 0 Å². The van der Waals surface area contributed by atoms with Gasteiger partial charge in [0.15, 0.2) is 9.84 Å². The highest BCUT2D eigenvalue weighted by molar-refractivity contribution is 7.92. The van der Waals surface area contributed by atoms with Crippen LogP contribution in [-0.4, -0.2) is 50.1 Å². The van der Waals surface area contributed by atoms with Crippen LogP contribution >= 0.6 is 0 Å². The molecule has 0 spiro atoms. The summed E-state index contributed by atoms with van der Waals surface area (Å²) >= 11 is 0. The topological polar surface area (TPSA) is 97.5 Å². The molecular weight excluding hydrogens is 624 g/mol. The smallest absolute Gasteiger partial charge is 0.366 e. The first-order valence-electron chi connectivity index (χ1n) is 13.0. The summed E-state index contributed by atoms with van der Waals surface area (Å²) in [6.45, 7) is -0.218. The van der Waals surface area contributed by atoms with E-state index in [1.807, 2.05) is 0 Å². The van der Waals surface area contributed by atoms with E-state index in [1.165, 1.54) is 29.2 Å². The van der Waals surface area contributed by atoms with Gasteiger partial charge < -0.3 is 10.6 Å². The molecule has 2 atom stereocenters. The van der Waals surface area contributed by atoms with Gasteiger partial charge in [0.2, 0.25) is 5.91 Å². The molecule has 1 fully saturated rings. The number of rotatable bonds is 5. The van der Waals surface area contributed by atoms with E-state index in [1.54, 1.807) is 0 Å². The number of carbonyl (C=O) groups excluding carboxylic acids is 2. The largest absolute Gasteiger partial charge is 0.435 e. The van der Waals surface area contributed by atoms with E-state index in [0.29, 0.717) is 6.07 Å². The Morgan fingerprint density at radius 2 is 1.48 bits per heavy atom. The summed E-state index contributed by atoms with van der Waals surface area (Å²) < 4.78 is 137. The standard InChI is InChI=1S/C29H22F8N2O4S/c30-20-6-8-21(9-7-20)44(42,43)26-12-13-39(25(41)18-3-1-2-17(14-18)24(38)40)23(26)11-4-16-15-19(5-10-22(16)26)27(31,28(32,33)34)29(35,36)37/h1-3,5-10,14-15,23H,4,11-13H2,(H2,38,40)/t23-,26-/m1/s1. The Bertz CT molecular complexity index is 1740. The number of nitrogens with two attached hydrogens (primary N) is 1. The molecule has 1 heterocycles. The Morgan fingerprint density at radius 1 is 0.864 bits per heavy atom. The lowest BCUT2D eigenvalue weighted by atomic mass is 9.76. The van der Waals surface area contributed by atoms with Crippen LogP contribution in [0, 0.1) is 5.82 Å². The van der Waals surface area contributed by atoms with Gasteiger partial charge in [-0.1, -0.05) is 24.3 Å². The van der Waals surface area contributed by atoms with Crippen molar-refractivity contribution >= 4 is 21.7 Å². The number of fused-ring (bicyclic) bond motifs is 3. The van der Waals surface area contributed by atoms with E-state index >= 15 is 0 Å². The van der Waals surface area contributed by atoms with Crippen LogP contribution in [0.25, 0.3) is 0 Å². The summed E-state index contributed by atoms with van der Waals surface area (Å²) in [5.74, 6) is -2.31. The SMILES string of the molecule is NC(=O)c1cccc(C(=O)N2CC[C@@]3(S(=O)(=O)c4ccc(F)cc4)c4ccc(C(F)(C(F)(F)F)C(F)(F)F)cc4CC[C@@H]23)c1. The van der Waals surface area contributed by atoms with Crippen molar-refractivity contribution in [2.24, 2.45) is 5.73 Å². The number of aryl methyl sites for hydroxylation is 1. The van der Waals surface area contributed by atoms with Gasteiger partial charge in [-0.25, -0.2) is 17.2 Å². The van der Waals surface area contributed by atoms with Crippen LogP contribution in [0.3, 0.4) is 0 Å². The number of sulfone groups is 1. The maximum absolute atomic E-state index is 15.0. The number of nitrogens with zero attached hydrogens (tertiary/aromatic N) is 1. The first-order valence-corrected chi connectivity index (χ1v) is 14.5. The fraction of sp³-hybridized carbons (Fsp3) is 0.310. The van der Waals surface area contributed by atoms with Gasteiger partial charge in [0.25, 0.3) is 5.91 Å². The lowest BCUT2D eigenvalue weighted by Gasteiger charge is -2.43. The van der Waals surface area contributed by atoms with Gasteiger partial charge >= 0.3 is 18.0 Å². The van der Waals surface area contributed by atoms with E-state index in [2.05, 4.69) is 0 Å². The van der Waals surface area contributed by atoms with Crippen molar-refractivity contribution in [2.75, 3.05) is 6.54 Å². The zero-order chi connectivity index (χ0) is 32.5.